The minimum Gasteiger partial charge on any atom is -0.471 e. The summed E-state index contributed by atoms with van der Waals surface area (Å²) in [4.78, 5) is 2.36. The Bertz CT molecular complexity index is 552. The highest BCUT2D eigenvalue weighted by Crippen LogP contribution is 2.33. The molecule has 1 aliphatic rings. The normalized spacial score (nSPS) is 19.1. The minimum atomic E-state index is 0.0426. The van der Waals surface area contributed by atoms with E-state index in [1.54, 1.807) is 0 Å². The highest BCUT2D eigenvalue weighted by atomic mass is 16.5. The van der Waals surface area contributed by atoms with Crippen LogP contribution in [0.25, 0.3) is 0 Å². The van der Waals surface area contributed by atoms with Crippen molar-refractivity contribution < 1.29 is 4.74 Å². The number of hydrogen-bond donors (Lipinski definition) is 0. The Hall–Kier alpha value is -1.96. The van der Waals surface area contributed by atoms with Gasteiger partial charge in [0.2, 0.25) is 0 Å². The first-order valence-electron chi connectivity index (χ1n) is 6.83. The van der Waals surface area contributed by atoms with E-state index in [0.717, 1.165) is 12.2 Å². The summed E-state index contributed by atoms with van der Waals surface area (Å²) in [6.07, 6.45) is 1.14. The Morgan fingerprint density at radius 2 is 1.74 bits per heavy atom. The molecular formula is C17H19NO. The lowest BCUT2D eigenvalue weighted by atomic mass is 10.1. The van der Waals surface area contributed by atoms with Crippen LogP contribution < -0.4 is 9.64 Å². The lowest BCUT2D eigenvalue weighted by Gasteiger charge is -2.31. The van der Waals surface area contributed by atoms with E-state index in [4.69, 9.17) is 4.74 Å². The average molecular weight is 253 g/mol. The van der Waals surface area contributed by atoms with Gasteiger partial charge in [-0.05, 0) is 44.0 Å². The molecule has 1 aliphatic heterocycles. The maximum Gasteiger partial charge on any atom is 0.169 e. The van der Waals surface area contributed by atoms with Gasteiger partial charge >= 0.3 is 0 Å². The van der Waals surface area contributed by atoms with Gasteiger partial charge in [-0.2, -0.15) is 0 Å². The quantitative estimate of drug-likeness (QED) is 0.823. The van der Waals surface area contributed by atoms with Crippen molar-refractivity contribution in [2.75, 3.05) is 4.90 Å². The van der Waals surface area contributed by atoms with Crippen molar-refractivity contribution in [3.63, 3.8) is 0 Å². The SMILES string of the molecule is CC1Cc2ccccc2N1C(C)Oc1ccccc1. The Kier molecular flexibility index (Phi) is 3.16. The number of rotatable bonds is 3. The molecule has 98 valence electrons. The zero-order chi connectivity index (χ0) is 13.2. The summed E-state index contributed by atoms with van der Waals surface area (Å²) in [5.41, 5.74) is 2.72. The second-order valence-corrected chi connectivity index (χ2v) is 5.12. The lowest BCUT2D eigenvalue weighted by molar-refractivity contribution is 0.208. The maximum atomic E-state index is 6.05. The summed E-state index contributed by atoms with van der Waals surface area (Å²) in [6.45, 7) is 4.37. The van der Waals surface area contributed by atoms with Crippen molar-refractivity contribution in [3.8, 4) is 5.75 Å². The molecule has 19 heavy (non-hydrogen) atoms. The molecule has 2 aromatic carbocycles. The number of ether oxygens (including phenoxy) is 1. The molecule has 2 aromatic rings. The van der Waals surface area contributed by atoms with Crippen molar-refractivity contribution in [3.05, 3.63) is 60.2 Å². The molecule has 0 fully saturated rings. The van der Waals surface area contributed by atoms with E-state index in [1.165, 1.54) is 11.3 Å². The van der Waals surface area contributed by atoms with Crippen LogP contribution in [0, 0.1) is 0 Å². The Morgan fingerprint density at radius 3 is 2.53 bits per heavy atom. The molecule has 0 amide bonds. The van der Waals surface area contributed by atoms with Gasteiger partial charge < -0.3 is 9.64 Å². The summed E-state index contributed by atoms with van der Waals surface area (Å²) < 4.78 is 6.05. The second kappa shape index (κ2) is 4.96. The largest absolute Gasteiger partial charge is 0.471 e. The zero-order valence-electron chi connectivity index (χ0n) is 11.4. The molecule has 2 heteroatoms. The van der Waals surface area contributed by atoms with Gasteiger partial charge in [0.1, 0.15) is 5.75 Å². The first kappa shape index (κ1) is 12.1. The molecule has 0 spiro atoms. The molecule has 2 unspecified atom stereocenters. The van der Waals surface area contributed by atoms with Gasteiger partial charge in [-0.3, -0.25) is 0 Å². The molecule has 3 rings (SSSR count). The molecule has 1 heterocycles. The van der Waals surface area contributed by atoms with Gasteiger partial charge in [0, 0.05) is 11.7 Å². The summed E-state index contributed by atoms with van der Waals surface area (Å²) in [7, 11) is 0. The molecular weight excluding hydrogens is 234 g/mol. The molecule has 0 aliphatic carbocycles. The van der Waals surface area contributed by atoms with E-state index >= 15 is 0 Å². The fourth-order valence-corrected chi connectivity index (χ4v) is 2.90. The first-order valence-corrected chi connectivity index (χ1v) is 6.83. The summed E-state index contributed by atoms with van der Waals surface area (Å²) in [6, 6.07) is 19.1. The summed E-state index contributed by atoms with van der Waals surface area (Å²) >= 11 is 0. The van der Waals surface area contributed by atoms with Gasteiger partial charge in [0.25, 0.3) is 0 Å². The number of para-hydroxylation sites is 2. The second-order valence-electron chi connectivity index (χ2n) is 5.12. The standard InChI is InChI=1S/C17H19NO/c1-13-12-15-8-6-7-11-17(15)18(13)14(2)19-16-9-4-3-5-10-16/h3-11,13-14H,12H2,1-2H3. The van der Waals surface area contributed by atoms with Gasteiger partial charge in [-0.1, -0.05) is 36.4 Å². The average Bonchev–Trinajstić information content (AvgIpc) is 2.75. The summed E-state index contributed by atoms with van der Waals surface area (Å²) in [5.74, 6) is 0.923. The predicted octanol–water partition coefficient (Wildman–Crippen LogP) is 3.86. The van der Waals surface area contributed by atoms with Crippen molar-refractivity contribution in [1.29, 1.82) is 0 Å². The monoisotopic (exact) mass is 253 g/mol. The van der Waals surface area contributed by atoms with Crippen LogP contribution in [0.15, 0.2) is 54.6 Å². The smallest absolute Gasteiger partial charge is 0.169 e. The maximum absolute atomic E-state index is 6.05. The van der Waals surface area contributed by atoms with Gasteiger partial charge in [0.05, 0.1) is 0 Å². The van der Waals surface area contributed by atoms with Crippen LogP contribution in [0.2, 0.25) is 0 Å². The summed E-state index contributed by atoms with van der Waals surface area (Å²) in [5, 5.41) is 0. The van der Waals surface area contributed by atoms with Crippen LogP contribution >= 0.6 is 0 Å². The third kappa shape index (κ3) is 2.30. The van der Waals surface area contributed by atoms with Crippen LogP contribution in [0.3, 0.4) is 0 Å². The predicted molar refractivity (Wildman–Crippen MR) is 78.6 cm³/mol. The molecule has 0 saturated heterocycles. The first-order chi connectivity index (χ1) is 9.25. The van der Waals surface area contributed by atoms with Crippen LogP contribution in [0.4, 0.5) is 5.69 Å². The fourth-order valence-electron chi connectivity index (χ4n) is 2.90. The number of anilines is 1. The molecule has 0 bridgehead atoms. The van der Waals surface area contributed by atoms with Crippen molar-refractivity contribution in [2.24, 2.45) is 0 Å². The number of fused-ring (bicyclic) bond motifs is 1. The molecule has 2 nitrogen and oxygen atoms in total. The highest BCUT2D eigenvalue weighted by Gasteiger charge is 2.30. The van der Waals surface area contributed by atoms with Crippen molar-refractivity contribution in [2.45, 2.75) is 32.5 Å². The van der Waals surface area contributed by atoms with E-state index in [0.29, 0.717) is 6.04 Å². The van der Waals surface area contributed by atoms with Gasteiger partial charge in [-0.15, -0.1) is 0 Å². The topological polar surface area (TPSA) is 12.5 Å². The van der Waals surface area contributed by atoms with E-state index in [-0.39, 0.29) is 6.23 Å². The van der Waals surface area contributed by atoms with Gasteiger partial charge in [-0.25, -0.2) is 0 Å². The Morgan fingerprint density at radius 1 is 1.05 bits per heavy atom. The molecule has 0 radical (unpaired) electrons. The van der Waals surface area contributed by atoms with Crippen LogP contribution in [-0.4, -0.2) is 12.3 Å². The van der Waals surface area contributed by atoms with E-state index in [9.17, 15) is 0 Å². The minimum absolute atomic E-state index is 0.0426. The zero-order valence-corrected chi connectivity index (χ0v) is 11.4. The number of nitrogens with zero attached hydrogens (tertiary/aromatic N) is 1. The van der Waals surface area contributed by atoms with Crippen LogP contribution in [-0.2, 0) is 6.42 Å². The molecule has 2 atom stereocenters. The fraction of sp³-hybridized carbons (Fsp3) is 0.294. The van der Waals surface area contributed by atoms with Gasteiger partial charge in [0.15, 0.2) is 6.23 Å². The van der Waals surface area contributed by atoms with E-state index in [2.05, 4.69) is 43.0 Å². The van der Waals surface area contributed by atoms with Crippen LogP contribution in [0.1, 0.15) is 19.4 Å². The lowest BCUT2D eigenvalue weighted by Crippen LogP contribution is -2.41. The number of benzene rings is 2. The van der Waals surface area contributed by atoms with Crippen molar-refractivity contribution >= 4 is 5.69 Å². The molecule has 0 N–H and O–H groups in total. The highest BCUT2D eigenvalue weighted by molar-refractivity contribution is 5.59. The third-order valence-electron chi connectivity index (χ3n) is 3.70. The Balaban J connectivity index is 1.82. The van der Waals surface area contributed by atoms with Crippen molar-refractivity contribution in [1.82, 2.24) is 0 Å². The molecule has 0 saturated carbocycles. The molecule has 0 aromatic heterocycles. The van der Waals surface area contributed by atoms with E-state index in [1.807, 2.05) is 30.3 Å². The number of hydrogen-bond acceptors (Lipinski definition) is 2. The van der Waals surface area contributed by atoms with Crippen LogP contribution in [0.5, 0.6) is 5.75 Å². The third-order valence-corrected chi connectivity index (χ3v) is 3.70. The Labute approximate surface area is 114 Å². The van der Waals surface area contributed by atoms with E-state index < -0.39 is 0 Å².